The molecule has 0 radical (unpaired) electrons. The van der Waals surface area contributed by atoms with Gasteiger partial charge < -0.3 is 19.6 Å². The van der Waals surface area contributed by atoms with Gasteiger partial charge in [-0.3, -0.25) is 0 Å². The van der Waals surface area contributed by atoms with Crippen LogP contribution in [-0.4, -0.2) is 20.2 Å². The summed E-state index contributed by atoms with van der Waals surface area (Å²) < 4.78 is 6.26. The van der Waals surface area contributed by atoms with Crippen molar-refractivity contribution < 1.29 is 14.6 Å². The number of para-hydroxylation sites is 1. The standard InChI is InChI=1S/C27H24N2O3/c30-16-18-5-9-20(10-6-18)26-27(21-11-7-19(17-31)8-12-21)32-25(29-26)14-13-22-15-28-24-4-2-1-3-23(22)24/h1-12,15,28,30-31H,13-14,16-17H2. The fourth-order valence-corrected chi connectivity index (χ4v) is 3.97. The van der Waals surface area contributed by atoms with Crippen LogP contribution in [0.2, 0.25) is 0 Å². The lowest BCUT2D eigenvalue weighted by Crippen LogP contribution is -1.91. The number of hydrogen-bond acceptors (Lipinski definition) is 4. The first-order chi connectivity index (χ1) is 15.7. The van der Waals surface area contributed by atoms with Gasteiger partial charge in [-0.05, 0) is 29.2 Å². The Hall–Kier alpha value is -3.67. The smallest absolute Gasteiger partial charge is 0.195 e. The summed E-state index contributed by atoms with van der Waals surface area (Å²) in [6.45, 7) is 0.00643. The van der Waals surface area contributed by atoms with E-state index in [0.29, 0.717) is 18.1 Å². The lowest BCUT2D eigenvalue weighted by molar-refractivity contribution is 0.281. The molecule has 0 saturated carbocycles. The zero-order valence-electron chi connectivity index (χ0n) is 17.6. The highest BCUT2D eigenvalue weighted by Crippen LogP contribution is 2.33. The summed E-state index contributed by atoms with van der Waals surface area (Å²) in [5.74, 6) is 1.39. The number of hydrogen-bond donors (Lipinski definition) is 3. The van der Waals surface area contributed by atoms with E-state index in [4.69, 9.17) is 9.40 Å². The van der Waals surface area contributed by atoms with Gasteiger partial charge >= 0.3 is 0 Å². The number of rotatable bonds is 7. The van der Waals surface area contributed by atoms with Crippen LogP contribution in [0.1, 0.15) is 22.6 Å². The number of benzene rings is 3. The van der Waals surface area contributed by atoms with Crippen molar-refractivity contribution in [3.8, 4) is 22.6 Å². The Balaban J connectivity index is 1.49. The lowest BCUT2D eigenvalue weighted by Gasteiger charge is -2.04. The van der Waals surface area contributed by atoms with E-state index >= 15 is 0 Å². The van der Waals surface area contributed by atoms with Crippen molar-refractivity contribution in [3.63, 3.8) is 0 Å². The number of fused-ring (bicyclic) bond motifs is 1. The molecule has 5 rings (SSSR count). The highest BCUT2D eigenvalue weighted by atomic mass is 16.4. The van der Waals surface area contributed by atoms with Gasteiger partial charge in [0.05, 0.1) is 13.2 Å². The predicted molar refractivity (Wildman–Crippen MR) is 125 cm³/mol. The number of nitrogens with zero attached hydrogens (tertiary/aromatic N) is 1. The van der Waals surface area contributed by atoms with Gasteiger partial charge in [-0.15, -0.1) is 0 Å². The van der Waals surface area contributed by atoms with E-state index < -0.39 is 0 Å². The van der Waals surface area contributed by atoms with Crippen LogP contribution >= 0.6 is 0 Å². The highest BCUT2D eigenvalue weighted by Gasteiger charge is 2.17. The molecule has 0 aliphatic carbocycles. The molecule has 32 heavy (non-hydrogen) atoms. The summed E-state index contributed by atoms with van der Waals surface area (Å²) in [5, 5.41) is 19.9. The molecule has 0 amide bonds. The second-order valence-electron chi connectivity index (χ2n) is 7.85. The number of H-pyrrole nitrogens is 1. The van der Waals surface area contributed by atoms with E-state index in [-0.39, 0.29) is 13.2 Å². The average molecular weight is 425 g/mol. The van der Waals surface area contributed by atoms with E-state index in [0.717, 1.165) is 39.9 Å². The molecule has 3 N–H and O–H groups in total. The SMILES string of the molecule is OCc1ccc(-c2nc(CCc3c[nH]c4ccccc34)oc2-c2ccc(CO)cc2)cc1. The van der Waals surface area contributed by atoms with E-state index in [1.807, 2.05) is 60.7 Å². The molecular formula is C27H24N2O3. The molecule has 0 saturated heterocycles. The van der Waals surface area contributed by atoms with Crippen LogP contribution in [-0.2, 0) is 26.1 Å². The van der Waals surface area contributed by atoms with Crippen LogP contribution in [0.15, 0.2) is 83.4 Å². The first-order valence-corrected chi connectivity index (χ1v) is 10.7. The van der Waals surface area contributed by atoms with Gasteiger partial charge in [0.2, 0.25) is 0 Å². The molecule has 0 aliphatic rings. The molecular weight excluding hydrogens is 400 g/mol. The Bertz CT molecular complexity index is 1270. The molecule has 160 valence electrons. The maximum Gasteiger partial charge on any atom is 0.195 e. The largest absolute Gasteiger partial charge is 0.440 e. The first-order valence-electron chi connectivity index (χ1n) is 10.7. The summed E-state index contributed by atoms with van der Waals surface area (Å²) in [7, 11) is 0. The van der Waals surface area contributed by atoms with Crippen LogP contribution < -0.4 is 0 Å². The van der Waals surface area contributed by atoms with Gasteiger partial charge in [0.1, 0.15) is 5.69 Å². The predicted octanol–water partition coefficient (Wildman–Crippen LogP) is 5.26. The second-order valence-corrected chi connectivity index (χ2v) is 7.85. The summed E-state index contributed by atoms with van der Waals surface area (Å²) in [4.78, 5) is 8.17. The van der Waals surface area contributed by atoms with Crippen LogP contribution in [0.25, 0.3) is 33.5 Å². The number of aliphatic hydroxyl groups is 2. The fraction of sp³-hybridized carbons (Fsp3) is 0.148. The van der Waals surface area contributed by atoms with Gasteiger partial charge in [0, 0.05) is 34.6 Å². The Morgan fingerprint density at radius 2 is 1.41 bits per heavy atom. The van der Waals surface area contributed by atoms with Crippen molar-refractivity contribution in [2.75, 3.05) is 0 Å². The van der Waals surface area contributed by atoms with Gasteiger partial charge in [0.15, 0.2) is 11.7 Å². The number of aryl methyl sites for hydroxylation is 2. The van der Waals surface area contributed by atoms with Crippen molar-refractivity contribution >= 4 is 10.9 Å². The minimum Gasteiger partial charge on any atom is -0.440 e. The molecule has 5 nitrogen and oxygen atoms in total. The van der Waals surface area contributed by atoms with Crippen molar-refractivity contribution in [2.45, 2.75) is 26.1 Å². The molecule has 2 aromatic heterocycles. The number of aromatic nitrogens is 2. The summed E-state index contributed by atoms with van der Waals surface area (Å²) >= 11 is 0. The van der Waals surface area contributed by atoms with Crippen molar-refractivity contribution in [3.05, 3.63) is 102 Å². The summed E-state index contributed by atoms with van der Waals surface area (Å²) in [6.07, 6.45) is 3.55. The maximum absolute atomic E-state index is 9.36. The van der Waals surface area contributed by atoms with Gasteiger partial charge in [-0.25, -0.2) is 4.98 Å². The second kappa shape index (κ2) is 8.83. The zero-order valence-corrected chi connectivity index (χ0v) is 17.6. The molecule has 0 bridgehead atoms. The molecule has 5 heteroatoms. The molecule has 0 aliphatic heterocycles. The van der Waals surface area contributed by atoms with Crippen LogP contribution in [0.3, 0.4) is 0 Å². The van der Waals surface area contributed by atoms with Crippen LogP contribution in [0, 0.1) is 0 Å². The molecule has 2 heterocycles. The minimum absolute atomic E-state index is 0.00202. The number of nitrogens with one attached hydrogen (secondary N) is 1. The fourth-order valence-electron chi connectivity index (χ4n) is 3.97. The Morgan fingerprint density at radius 3 is 2.09 bits per heavy atom. The molecule has 0 atom stereocenters. The number of oxazole rings is 1. The molecule has 3 aromatic carbocycles. The monoisotopic (exact) mass is 424 g/mol. The van der Waals surface area contributed by atoms with Crippen molar-refractivity contribution in [1.29, 1.82) is 0 Å². The lowest BCUT2D eigenvalue weighted by atomic mass is 10.0. The third-order valence-electron chi connectivity index (χ3n) is 5.76. The number of aromatic amines is 1. The van der Waals surface area contributed by atoms with Crippen molar-refractivity contribution in [2.24, 2.45) is 0 Å². The molecule has 5 aromatic rings. The third-order valence-corrected chi connectivity index (χ3v) is 5.76. The van der Waals surface area contributed by atoms with E-state index in [2.05, 4.69) is 23.3 Å². The Morgan fingerprint density at radius 1 is 0.750 bits per heavy atom. The zero-order chi connectivity index (χ0) is 21.9. The Labute approximate surface area is 186 Å². The minimum atomic E-state index is 0.00202. The third kappa shape index (κ3) is 3.96. The Kier molecular flexibility index (Phi) is 5.58. The molecule has 0 unspecified atom stereocenters. The summed E-state index contributed by atoms with van der Waals surface area (Å²) in [5.41, 5.74) is 6.69. The topological polar surface area (TPSA) is 82.3 Å². The van der Waals surface area contributed by atoms with Gasteiger partial charge in [-0.2, -0.15) is 0 Å². The quantitative estimate of drug-likeness (QED) is 0.333. The van der Waals surface area contributed by atoms with Crippen LogP contribution in [0.5, 0.6) is 0 Å². The van der Waals surface area contributed by atoms with Crippen LogP contribution in [0.4, 0.5) is 0 Å². The van der Waals surface area contributed by atoms with E-state index in [1.165, 1.54) is 10.9 Å². The van der Waals surface area contributed by atoms with Crippen molar-refractivity contribution in [1.82, 2.24) is 9.97 Å². The maximum atomic E-state index is 9.36. The van der Waals surface area contributed by atoms with E-state index in [1.54, 1.807) is 0 Å². The summed E-state index contributed by atoms with van der Waals surface area (Å²) in [6, 6.07) is 23.7. The molecule has 0 spiro atoms. The van der Waals surface area contributed by atoms with E-state index in [9.17, 15) is 10.2 Å². The number of aliphatic hydroxyl groups excluding tert-OH is 2. The van der Waals surface area contributed by atoms with Gasteiger partial charge in [0.25, 0.3) is 0 Å². The first kappa shape index (κ1) is 20.2. The normalized spacial score (nSPS) is 11.3. The van der Waals surface area contributed by atoms with Gasteiger partial charge in [-0.1, -0.05) is 66.7 Å². The average Bonchev–Trinajstić information content (AvgIpc) is 3.47. The molecule has 0 fully saturated rings. The highest BCUT2D eigenvalue weighted by molar-refractivity contribution is 5.83.